The molecule has 5 rings (SSSR count). The van der Waals surface area contributed by atoms with E-state index in [9.17, 15) is 23.3 Å². The van der Waals surface area contributed by atoms with E-state index >= 15 is 0 Å². The molecule has 0 fully saturated rings. The summed E-state index contributed by atoms with van der Waals surface area (Å²) in [5.41, 5.74) is 4.26. The lowest BCUT2D eigenvalue weighted by atomic mass is 10.1. The molecular weight excluding hydrogens is 540 g/mol. The van der Waals surface area contributed by atoms with Crippen molar-refractivity contribution in [3.8, 4) is 0 Å². The predicted octanol–water partition coefficient (Wildman–Crippen LogP) is 3.63. The van der Waals surface area contributed by atoms with E-state index < -0.39 is 20.9 Å². The van der Waals surface area contributed by atoms with Crippen LogP contribution in [0.25, 0.3) is 10.8 Å². The number of carbonyl (C=O) groups is 1. The zero-order valence-electron chi connectivity index (χ0n) is 20.1. The predicted molar refractivity (Wildman–Crippen MR) is 152 cm³/mol. The Morgan fingerprint density at radius 2 is 1.77 bits per heavy atom. The summed E-state index contributed by atoms with van der Waals surface area (Å²) >= 11 is 5.25. The average Bonchev–Trinajstić information content (AvgIpc) is 3.16. The summed E-state index contributed by atoms with van der Waals surface area (Å²) in [7, 11) is -3.92. The Kier molecular flexibility index (Phi) is 6.78. The second-order valence-corrected chi connectivity index (χ2v) is 10.6. The van der Waals surface area contributed by atoms with Crippen molar-refractivity contribution in [1.29, 1.82) is 0 Å². The number of nitro groups is 1. The average molecular weight is 561 g/mol. The van der Waals surface area contributed by atoms with Crippen LogP contribution in [0.15, 0.2) is 94.9 Å². The van der Waals surface area contributed by atoms with Gasteiger partial charge in [0.2, 0.25) is 10.0 Å². The van der Waals surface area contributed by atoms with E-state index in [1.54, 1.807) is 6.07 Å². The highest BCUT2D eigenvalue weighted by molar-refractivity contribution is 7.89. The molecule has 0 radical (unpaired) electrons. The molecule has 13 heteroatoms. The molecule has 0 saturated heterocycles. The molecule has 0 unspecified atom stereocenters. The monoisotopic (exact) mass is 560 g/mol. The summed E-state index contributed by atoms with van der Waals surface area (Å²) in [6.45, 7) is 0.219. The minimum atomic E-state index is -3.92. The van der Waals surface area contributed by atoms with Crippen LogP contribution in [0.3, 0.4) is 0 Å². The third kappa shape index (κ3) is 5.45. The number of nitro benzene ring substituents is 1. The first-order chi connectivity index (χ1) is 18.6. The number of hydrogen-bond acceptors (Lipinski definition) is 7. The summed E-state index contributed by atoms with van der Waals surface area (Å²) in [6, 6.07) is 23.5. The van der Waals surface area contributed by atoms with Crippen LogP contribution in [0.5, 0.6) is 0 Å². The Bertz CT molecular complexity index is 1810. The molecular formula is C26H20N6O5S2. The number of rotatable bonds is 6. The Balaban J connectivity index is 1.42. The summed E-state index contributed by atoms with van der Waals surface area (Å²) < 4.78 is 23.2. The van der Waals surface area contributed by atoms with Crippen LogP contribution in [0.4, 0.5) is 17.1 Å². The van der Waals surface area contributed by atoms with Gasteiger partial charge < -0.3 is 10.2 Å². The van der Waals surface area contributed by atoms with Crippen molar-refractivity contribution >= 4 is 66.8 Å². The number of anilines is 2. The number of hydrazone groups is 1. The molecule has 4 aromatic rings. The number of non-ortho nitro benzene ring substituents is 1. The Morgan fingerprint density at radius 3 is 2.51 bits per heavy atom. The first-order valence-electron chi connectivity index (χ1n) is 11.5. The lowest BCUT2D eigenvalue weighted by Crippen LogP contribution is -2.32. The summed E-state index contributed by atoms with van der Waals surface area (Å²) in [4.78, 5) is 25.7. The van der Waals surface area contributed by atoms with Crippen molar-refractivity contribution in [2.24, 2.45) is 10.2 Å². The molecule has 1 amide bonds. The van der Waals surface area contributed by atoms with Crippen molar-refractivity contribution in [2.45, 2.75) is 11.4 Å². The van der Waals surface area contributed by atoms with Crippen LogP contribution in [-0.4, -0.2) is 30.1 Å². The molecule has 0 aliphatic carbocycles. The highest BCUT2D eigenvalue weighted by atomic mass is 32.2. The first-order valence-corrected chi connectivity index (χ1v) is 13.4. The minimum absolute atomic E-state index is 0.0400. The molecule has 11 nitrogen and oxygen atoms in total. The highest BCUT2D eigenvalue weighted by Gasteiger charge is 2.35. The number of carbonyl (C=O) groups excluding carboxylic acids is 1. The van der Waals surface area contributed by atoms with Gasteiger partial charge in [0.1, 0.15) is 0 Å². The number of nitrogens with one attached hydrogen (secondary N) is 2. The fourth-order valence-electron chi connectivity index (χ4n) is 4.22. The van der Waals surface area contributed by atoms with E-state index in [4.69, 9.17) is 17.4 Å². The molecule has 1 aliphatic rings. The molecule has 0 atom stereocenters. The van der Waals surface area contributed by atoms with Crippen LogP contribution >= 0.6 is 12.2 Å². The number of amides is 1. The van der Waals surface area contributed by atoms with E-state index in [-0.39, 0.29) is 33.5 Å². The van der Waals surface area contributed by atoms with Gasteiger partial charge in [-0.15, -0.1) is 0 Å². The minimum Gasteiger partial charge on any atom is -0.331 e. The molecule has 196 valence electrons. The molecule has 39 heavy (non-hydrogen) atoms. The maximum absolute atomic E-state index is 13.5. The zero-order valence-corrected chi connectivity index (χ0v) is 21.7. The van der Waals surface area contributed by atoms with E-state index in [2.05, 4.69) is 15.8 Å². The summed E-state index contributed by atoms with van der Waals surface area (Å²) in [6.07, 6.45) is 0. The van der Waals surface area contributed by atoms with Crippen LogP contribution in [0.2, 0.25) is 0 Å². The number of thiocarbonyl (C=S) groups is 1. The molecule has 1 aliphatic heterocycles. The first kappa shape index (κ1) is 25.9. The number of hydrogen-bond donors (Lipinski definition) is 3. The number of nitrogens with two attached hydrogens (primary N) is 1. The molecule has 0 bridgehead atoms. The molecule has 4 aromatic carbocycles. The lowest BCUT2D eigenvalue weighted by Gasteiger charge is -2.17. The van der Waals surface area contributed by atoms with E-state index in [0.717, 1.165) is 16.3 Å². The van der Waals surface area contributed by atoms with Gasteiger partial charge in [-0.3, -0.25) is 20.3 Å². The molecule has 4 N–H and O–H groups in total. The Hall–Kier alpha value is -4.72. The lowest BCUT2D eigenvalue weighted by molar-refractivity contribution is -0.384. The van der Waals surface area contributed by atoms with Crippen molar-refractivity contribution in [3.05, 3.63) is 106 Å². The topological polar surface area (TPSA) is 160 Å². The maximum Gasteiger partial charge on any atom is 0.279 e. The zero-order chi connectivity index (χ0) is 27.7. The number of primary sulfonamides is 1. The molecule has 0 aromatic heterocycles. The van der Waals surface area contributed by atoms with Crippen molar-refractivity contribution in [1.82, 2.24) is 5.43 Å². The van der Waals surface area contributed by atoms with Crippen LogP contribution in [0, 0.1) is 10.1 Å². The molecule has 0 saturated carbocycles. The van der Waals surface area contributed by atoms with Crippen LogP contribution < -0.4 is 20.8 Å². The van der Waals surface area contributed by atoms with Gasteiger partial charge in [-0.25, -0.2) is 13.6 Å². The smallest absolute Gasteiger partial charge is 0.279 e. The fourth-order valence-corrected chi connectivity index (χ4v) is 4.94. The van der Waals surface area contributed by atoms with Gasteiger partial charge in [0.15, 0.2) is 10.8 Å². The number of fused-ring (bicyclic) bond motifs is 2. The second-order valence-electron chi connectivity index (χ2n) is 8.63. The maximum atomic E-state index is 13.5. The van der Waals surface area contributed by atoms with Gasteiger partial charge in [0.25, 0.3) is 11.6 Å². The quantitative estimate of drug-likeness (QED) is 0.183. The highest BCUT2D eigenvalue weighted by Crippen LogP contribution is 2.34. The summed E-state index contributed by atoms with van der Waals surface area (Å²) in [5, 5.41) is 25.6. The van der Waals surface area contributed by atoms with Crippen LogP contribution in [0.1, 0.15) is 11.1 Å². The number of benzene rings is 4. The Labute approximate surface area is 228 Å². The standard InChI is InChI=1S/C26H20N6O5S2/c27-39(36,37)21-7-3-6-19(13-21)28-26(38)30-29-24-22-14-20(32(34)35)10-11-23(22)31(25(24)33)15-16-8-9-17-4-1-2-5-18(17)12-16/h1-14H,15H2,(H2,27,36,37)(H2,28,30,38). The van der Waals surface area contributed by atoms with Crippen molar-refractivity contribution in [3.63, 3.8) is 0 Å². The normalized spacial score (nSPS) is 13.9. The van der Waals surface area contributed by atoms with Gasteiger partial charge in [-0.1, -0.05) is 42.5 Å². The Morgan fingerprint density at radius 1 is 1.00 bits per heavy atom. The van der Waals surface area contributed by atoms with Gasteiger partial charge in [0, 0.05) is 23.4 Å². The second kappa shape index (κ2) is 10.2. The van der Waals surface area contributed by atoms with E-state index in [1.807, 2.05) is 42.5 Å². The number of sulfonamides is 1. The van der Waals surface area contributed by atoms with Gasteiger partial charge in [-0.2, -0.15) is 5.10 Å². The van der Waals surface area contributed by atoms with Gasteiger partial charge in [0.05, 0.1) is 22.1 Å². The molecule has 1 heterocycles. The van der Waals surface area contributed by atoms with Crippen molar-refractivity contribution in [2.75, 3.05) is 10.2 Å². The number of nitrogens with zero attached hydrogens (tertiary/aromatic N) is 3. The fraction of sp³-hybridized carbons (Fsp3) is 0.0385. The van der Waals surface area contributed by atoms with Gasteiger partial charge in [-0.05, 0) is 58.9 Å². The van der Waals surface area contributed by atoms with E-state index in [1.165, 1.54) is 41.3 Å². The molecule has 0 spiro atoms. The van der Waals surface area contributed by atoms with Crippen LogP contribution in [-0.2, 0) is 21.4 Å². The third-order valence-electron chi connectivity index (χ3n) is 6.03. The van der Waals surface area contributed by atoms with E-state index in [0.29, 0.717) is 11.4 Å². The third-order valence-corrected chi connectivity index (χ3v) is 7.13. The SMILES string of the molecule is NS(=O)(=O)c1cccc(NC(=S)NN=C2C(=O)N(Cc3ccc4ccccc4c3)c3ccc([N+](=O)[O-])cc32)c1. The largest absolute Gasteiger partial charge is 0.331 e. The summed E-state index contributed by atoms with van der Waals surface area (Å²) in [5.74, 6) is -0.467. The van der Waals surface area contributed by atoms with Gasteiger partial charge >= 0.3 is 0 Å². The van der Waals surface area contributed by atoms with Crippen molar-refractivity contribution < 1.29 is 18.1 Å².